The maximum atomic E-state index is 12.1. The number of carbonyl (C=O) groups excluding carboxylic acids is 2. The van der Waals surface area contributed by atoms with E-state index in [0.717, 1.165) is 23.4 Å². The minimum Gasteiger partial charge on any atom is -0.352 e. The molecular weight excluding hydrogens is 272 g/mol. The number of hydrogen-bond donors (Lipinski definition) is 2. The zero-order valence-corrected chi connectivity index (χ0v) is 12.7. The summed E-state index contributed by atoms with van der Waals surface area (Å²) < 4.78 is 0. The van der Waals surface area contributed by atoms with Gasteiger partial charge in [-0.2, -0.15) is 0 Å². The number of thioether (sulfide) groups is 1. The van der Waals surface area contributed by atoms with Gasteiger partial charge in [0.1, 0.15) is 0 Å². The predicted octanol–water partition coefficient (Wildman–Crippen LogP) is 2.90. The predicted molar refractivity (Wildman–Crippen MR) is 82.2 cm³/mol. The lowest BCUT2D eigenvalue weighted by Crippen LogP contribution is -2.29. The van der Waals surface area contributed by atoms with Crippen molar-refractivity contribution in [1.82, 2.24) is 5.32 Å². The van der Waals surface area contributed by atoms with E-state index in [4.69, 9.17) is 0 Å². The topological polar surface area (TPSA) is 58.2 Å². The Labute approximate surface area is 123 Å². The molecule has 5 heteroatoms. The van der Waals surface area contributed by atoms with Gasteiger partial charge in [-0.25, -0.2) is 0 Å². The van der Waals surface area contributed by atoms with Crippen LogP contribution in [-0.2, 0) is 4.79 Å². The summed E-state index contributed by atoms with van der Waals surface area (Å²) in [6, 6.07) is 5.46. The fourth-order valence-electron chi connectivity index (χ4n) is 2.14. The van der Waals surface area contributed by atoms with E-state index in [9.17, 15) is 9.59 Å². The molecule has 20 heavy (non-hydrogen) atoms. The Hall–Kier alpha value is -1.49. The Morgan fingerprint density at radius 2 is 2.15 bits per heavy atom. The summed E-state index contributed by atoms with van der Waals surface area (Å²) >= 11 is 1.50. The Kier molecular flexibility index (Phi) is 5.06. The summed E-state index contributed by atoms with van der Waals surface area (Å²) in [6.07, 6.45) is 2.13. The second-order valence-electron chi connectivity index (χ2n) is 4.94. The quantitative estimate of drug-likeness (QED) is 0.877. The van der Waals surface area contributed by atoms with Gasteiger partial charge in [-0.05, 0) is 24.1 Å². The summed E-state index contributed by atoms with van der Waals surface area (Å²) in [7, 11) is 0. The molecule has 0 unspecified atom stereocenters. The van der Waals surface area contributed by atoms with E-state index < -0.39 is 0 Å². The van der Waals surface area contributed by atoms with Crippen molar-refractivity contribution in [1.29, 1.82) is 0 Å². The first-order valence-corrected chi connectivity index (χ1v) is 7.97. The summed E-state index contributed by atoms with van der Waals surface area (Å²) in [4.78, 5) is 24.5. The molecule has 0 saturated carbocycles. The highest BCUT2D eigenvalue weighted by molar-refractivity contribution is 8.00. The number of rotatable bonds is 5. The van der Waals surface area contributed by atoms with Crippen molar-refractivity contribution in [3.8, 4) is 0 Å². The highest BCUT2D eigenvalue weighted by Gasteiger charge is 2.17. The first kappa shape index (κ1) is 14.9. The van der Waals surface area contributed by atoms with E-state index >= 15 is 0 Å². The van der Waals surface area contributed by atoms with Gasteiger partial charge in [0.15, 0.2) is 0 Å². The second kappa shape index (κ2) is 6.79. The molecule has 0 aliphatic carbocycles. The molecule has 1 aliphatic heterocycles. The molecule has 2 amide bonds. The molecule has 0 saturated heterocycles. The molecule has 2 rings (SSSR count). The average Bonchev–Trinajstić information content (AvgIpc) is 2.47. The van der Waals surface area contributed by atoms with Crippen molar-refractivity contribution < 1.29 is 9.59 Å². The van der Waals surface area contributed by atoms with Crippen LogP contribution in [0.3, 0.4) is 0 Å². The molecule has 1 aromatic carbocycles. The third-order valence-corrected chi connectivity index (χ3v) is 4.65. The van der Waals surface area contributed by atoms with Gasteiger partial charge in [0, 0.05) is 17.0 Å². The molecular formula is C15H20N2O2S. The van der Waals surface area contributed by atoms with E-state index in [1.807, 2.05) is 12.1 Å². The van der Waals surface area contributed by atoms with Gasteiger partial charge < -0.3 is 10.6 Å². The van der Waals surface area contributed by atoms with E-state index in [-0.39, 0.29) is 11.8 Å². The zero-order valence-electron chi connectivity index (χ0n) is 11.9. The van der Waals surface area contributed by atoms with Crippen LogP contribution in [0.5, 0.6) is 0 Å². The minimum atomic E-state index is -0.0791. The smallest absolute Gasteiger partial charge is 0.251 e. The highest BCUT2D eigenvalue weighted by atomic mass is 32.2. The van der Waals surface area contributed by atoms with Crippen molar-refractivity contribution in [3.05, 3.63) is 23.8 Å². The first-order chi connectivity index (χ1) is 9.63. The molecule has 1 heterocycles. The minimum absolute atomic E-state index is 0.0166. The monoisotopic (exact) mass is 292 g/mol. The van der Waals surface area contributed by atoms with E-state index in [1.165, 1.54) is 11.8 Å². The van der Waals surface area contributed by atoms with Crippen LogP contribution in [0, 0.1) is 5.92 Å². The molecule has 0 radical (unpaired) electrons. The van der Waals surface area contributed by atoms with Gasteiger partial charge in [0.05, 0.1) is 11.4 Å². The SMILES string of the molecule is CCC(CC)CNC(=O)c1ccc2c(c1)NC(=O)CS2. The van der Waals surface area contributed by atoms with Gasteiger partial charge in [0.25, 0.3) is 5.91 Å². The standard InChI is InChI=1S/C15H20N2O2S/c1-3-10(4-2)8-16-15(19)11-5-6-13-12(7-11)17-14(18)9-20-13/h5-7,10H,3-4,8-9H2,1-2H3,(H,16,19)(H,17,18). The largest absolute Gasteiger partial charge is 0.352 e. The Balaban J connectivity index is 2.03. The molecule has 2 N–H and O–H groups in total. The molecule has 0 bridgehead atoms. The van der Waals surface area contributed by atoms with E-state index in [0.29, 0.717) is 23.8 Å². The molecule has 0 aromatic heterocycles. The highest BCUT2D eigenvalue weighted by Crippen LogP contribution is 2.31. The number of amides is 2. The fourth-order valence-corrected chi connectivity index (χ4v) is 2.93. The van der Waals surface area contributed by atoms with Crippen molar-refractivity contribution in [2.75, 3.05) is 17.6 Å². The molecule has 4 nitrogen and oxygen atoms in total. The van der Waals surface area contributed by atoms with Crippen LogP contribution in [0.15, 0.2) is 23.1 Å². The van der Waals surface area contributed by atoms with E-state index in [2.05, 4.69) is 24.5 Å². The molecule has 0 atom stereocenters. The van der Waals surface area contributed by atoms with Crippen LogP contribution in [0.4, 0.5) is 5.69 Å². The molecule has 0 spiro atoms. The van der Waals surface area contributed by atoms with Gasteiger partial charge in [-0.15, -0.1) is 11.8 Å². The van der Waals surface area contributed by atoms with Crippen LogP contribution < -0.4 is 10.6 Å². The molecule has 1 aliphatic rings. The van der Waals surface area contributed by atoms with Crippen LogP contribution in [0.1, 0.15) is 37.0 Å². The lowest BCUT2D eigenvalue weighted by atomic mass is 10.0. The number of hydrogen-bond acceptors (Lipinski definition) is 3. The maximum Gasteiger partial charge on any atom is 0.251 e. The Morgan fingerprint density at radius 1 is 1.40 bits per heavy atom. The lowest BCUT2D eigenvalue weighted by molar-refractivity contribution is -0.113. The first-order valence-electron chi connectivity index (χ1n) is 6.99. The van der Waals surface area contributed by atoms with Gasteiger partial charge in [0.2, 0.25) is 5.91 Å². The normalized spacial score (nSPS) is 13.8. The molecule has 108 valence electrons. The van der Waals surface area contributed by atoms with E-state index in [1.54, 1.807) is 6.07 Å². The van der Waals surface area contributed by atoms with Crippen LogP contribution >= 0.6 is 11.8 Å². The molecule has 0 fully saturated rings. The summed E-state index contributed by atoms with van der Waals surface area (Å²) in [6.45, 7) is 4.96. The lowest BCUT2D eigenvalue weighted by Gasteiger charge is -2.17. The van der Waals surface area contributed by atoms with Crippen molar-refractivity contribution in [3.63, 3.8) is 0 Å². The number of carbonyl (C=O) groups is 2. The molecule has 1 aromatic rings. The van der Waals surface area contributed by atoms with Crippen LogP contribution in [0.25, 0.3) is 0 Å². The summed E-state index contributed by atoms with van der Waals surface area (Å²) in [5.41, 5.74) is 1.33. The number of nitrogens with one attached hydrogen (secondary N) is 2. The maximum absolute atomic E-state index is 12.1. The third kappa shape index (κ3) is 3.54. The van der Waals surface area contributed by atoms with Crippen LogP contribution in [-0.4, -0.2) is 24.1 Å². The summed E-state index contributed by atoms with van der Waals surface area (Å²) in [5.74, 6) is 0.862. The van der Waals surface area contributed by atoms with Crippen LogP contribution in [0.2, 0.25) is 0 Å². The summed E-state index contributed by atoms with van der Waals surface area (Å²) in [5, 5.41) is 5.76. The van der Waals surface area contributed by atoms with Gasteiger partial charge >= 0.3 is 0 Å². The number of anilines is 1. The second-order valence-corrected chi connectivity index (χ2v) is 5.96. The van der Waals surface area contributed by atoms with Crippen molar-refractivity contribution in [2.45, 2.75) is 31.6 Å². The van der Waals surface area contributed by atoms with Crippen molar-refractivity contribution in [2.24, 2.45) is 5.92 Å². The van der Waals surface area contributed by atoms with Crippen molar-refractivity contribution >= 4 is 29.3 Å². The third-order valence-electron chi connectivity index (χ3n) is 3.58. The Bertz CT molecular complexity index is 513. The Morgan fingerprint density at radius 3 is 2.85 bits per heavy atom. The zero-order chi connectivity index (χ0) is 14.5. The fraction of sp³-hybridized carbons (Fsp3) is 0.467. The number of benzene rings is 1. The number of fused-ring (bicyclic) bond motifs is 1. The van der Waals surface area contributed by atoms with Gasteiger partial charge in [-0.3, -0.25) is 9.59 Å². The van der Waals surface area contributed by atoms with Gasteiger partial charge in [-0.1, -0.05) is 26.7 Å². The average molecular weight is 292 g/mol.